The predicted octanol–water partition coefficient (Wildman–Crippen LogP) is 3.69. The van der Waals surface area contributed by atoms with E-state index in [1.54, 1.807) is 48.3 Å². The smallest absolute Gasteiger partial charge is 0.293 e. The lowest BCUT2D eigenvalue weighted by Crippen LogP contribution is -2.40. The molecule has 3 aromatic heterocycles. The highest BCUT2D eigenvalue weighted by atomic mass is 19.1. The van der Waals surface area contributed by atoms with E-state index in [0.29, 0.717) is 59.9 Å². The summed E-state index contributed by atoms with van der Waals surface area (Å²) in [6.45, 7) is 7.34. The Hall–Kier alpha value is -5.27. The predicted molar refractivity (Wildman–Crippen MR) is 175 cm³/mol. The van der Waals surface area contributed by atoms with Gasteiger partial charge < -0.3 is 24.6 Å². The molecule has 47 heavy (non-hydrogen) atoms. The third-order valence-electron chi connectivity index (χ3n) is 8.15. The number of carbonyl (C=O) groups is 1. The van der Waals surface area contributed by atoms with Crippen LogP contribution < -0.4 is 16.4 Å². The first-order valence-electron chi connectivity index (χ1n) is 15.1. The number of hydrogen-bond donors (Lipinski definition) is 2. The van der Waals surface area contributed by atoms with Gasteiger partial charge in [-0.1, -0.05) is 32.9 Å². The SMILES string of the molecule is Cn1cc(-c2cccc(-n3ncc4cc(C(C)(C)C)cc(F)c4c3=O)c2[14CH2]O)nc(Nc2ccc(C(=O)N3CCOCC3)cn2)c1=O. The minimum atomic E-state index is -0.676. The van der Waals surface area contributed by atoms with Gasteiger partial charge in [0.15, 0.2) is 5.82 Å². The van der Waals surface area contributed by atoms with Gasteiger partial charge in [0, 0.05) is 49.0 Å². The fraction of sp³-hybridized carbons (Fsp3) is 0.294. The van der Waals surface area contributed by atoms with Gasteiger partial charge in [-0.05, 0) is 41.3 Å². The zero-order valence-electron chi connectivity index (χ0n) is 26.5. The van der Waals surface area contributed by atoms with E-state index in [0.717, 1.165) is 10.2 Å². The second-order valence-electron chi connectivity index (χ2n) is 12.3. The summed E-state index contributed by atoms with van der Waals surface area (Å²) >= 11 is 0. The number of fused-ring (bicyclic) bond motifs is 1. The Bertz CT molecular complexity index is 2110. The second kappa shape index (κ2) is 12.5. The molecule has 13 heteroatoms. The van der Waals surface area contributed by atoms with Crippen molar-refractivity contribution >= 4 is 28.3 Å². The molecular weight excluding hydrogens is 607 g/mol. The summed E-state index contributed by atoms with van der Waals surface area (Å²) < 4.78 is 23.0. The zero-order chi connectivity index (χ0) is 33.5. The molecule has 4 heterocycles. The van der Waals surface area contributed by atoms with E-state index in [4.69, 9.17) is 4.74 Å². The summed E-state index contributed by atoms with van der Waals surface area (Å²) in [4.78, 5) is 50.0. The molecule has 1 aliphatic heterocycles. The number of amides is 1. The van der Waals surface area contributed by atoms with Crippen molar-refractivity contribution in [3.05, 3.63) is 104 Å². The minimum absolute atomic E-state index is 0.0447. The van der Waals surface area contributed by atoms with Crippen LogP contribution in [0.25, 0.3) is 27.7 Å². The molecule has 6 rings (SSSR count). The number of nitrogens with zero attached hydrogens (tertiary/aromatic N) is 6. The molecule has 0 unspecified atom stereocenters. The molecule has 2 aromatic carbocycles. The fourth-order valence-corrected chi connectivity index (χ4v) is 5.50. The maximum Gasteiger partial charge on any atom is 0.293 e. The van der Waals surface area contributed by atoms with Gasteiger partial charge in [0.1, 0.15) is 11.6 Å². The molecule has 1 aliphatic rings. The van der Waals surface area contributed by atoms with Crippen LogP contribution in [-0.4, -0.2) is 66.5 Å². The topological polar surface area (TPSA) is 144 Å². The number of rotatable bonds is 6. The molecule has 0 bridgehead atoms. The van der Waals surface area contributed by atoms with Gasteiger partial charge in [-0.15, -0.1) is 0 Å². The highest BCUT2D eigenvalue weighted by Gasteiger charge is 2.22. The Balaban J connectivity index is 1.36. The van der Waals surface area contributed by atoms with Crippen LogP contribution in [0.15, 0.2) is 70.6 Å². The Morgan fingerprint density at radius 3 is 2.51 bits per heavy atom. The van der Waals surface area contributed by atoms with Gasteiger partial charge in [0.2, 0.25) is 0 Å². The van der Waals surface area contributed by atoms with Gasteiger partial charge in [-0.2, -0.15) is 9.78 Å². The van der Waals surface area contributed by atoms with Crippen LogP contribution in [0.5, 0.6) is 0 Å². The van der Waals surface area contributed by atoms with E-state index in [2.05, 4.69) is 20.4 Å². The Kier molecular flexibility index (Phi) is 8.43. The van der Waals surface area contributed by atoms with Crippen LogP contribution >= 0.6 is 0 Å². The Labute approximate surface area is 269 Å². The molecule has 5 aromatic rings. The largest absolute Gasteiger partial charge is 0.392 e. The number of pyridine rings is 1. The number of benzene rings is 2. The third-order valence-corrected chi connectivity index (χ3v) is 8.15. The van der Waals surface area contributed by atoms with Crippen molar-refractivity contribution in [2.45, 2.75) is 32.8 Å². The van der Waals surface area contributed by atoms with Crippen LogP contribution in [0, 0.1) is 5.82 Å². The van der Waals surface area contributed by atoms with Gasteiger partial charge >= 0.3 is 0 Å². The number of aliphatic hydroxyl groups excluding tert-OH is 1. The average molecular weight is 642 g/mol. The molecule has 0 radical (unpaired) electrons. The first-order chi connectivity index (χ1) is 22.5. The van der Waals surface area contributed by atoms with Gasteiger partial charge in [-0.25, -0.2) is 14.4 Å². The van der Waals surface area contributed by atoms with E-state index in [9.17, 15) is 19.5 Å². The van der Waals surface area contributed by atoms with E-state index in [-0.39, 0.29) is 28.2 Å². The lowest BCUT2D eigenvalue weighted by atomic mass is 9.86. The molecule has 0 aliphatic carbocycles. The molecule has 0 saturated carbocycles. The van der Waals surface area contributed by atoms with Crippen LogP contribution in [0.2, 0.25) is 0 Å². The number of aliphatic hydroxyl groups is 1. The van der Waals surface area contributed by atoms with E-state index < -0.39 is 23.5 Å². The van der Waals surface area contributed by atoms with Crippen molar-refractivity contribution in [2.24, 2.45) is 7.05 Å². The first-order valence-corrected chi connectivity index (χ1v) is 15.1. The standard InChI is InChI=1S/C34H34FN7O5/c1-34(2,3)22-14-21-17-37-42(32(45)29(21)25(35)15-22)27-7-5-6-23(24(27)19-43)26-18-40(4)33(46)30(38-26)39-28-9-8-20(16-36-28)31(44)41-10-12-47-13-11-41/h5-9,14-18,43H,10-13,19H2,1-4H3,(H,36,38,39)/i19+2. The maximum atomic E-state index is 15.3. The van der Waals surface area contributed by atoms with Crippen molar-refractivity contribution in [2.75, 3.05) is 31.6 Å². The van der Waals surface area contributed by atoms with Crippen LogP contribution in [-0.2, 0) is 23.8 Å². The number of hydrogen-bond acceptors (Lipinski definition) is 9. The quantitative estimate of drug-likeness (QED) is 0.284. The Morgan fingerprint density at radius 1 is 1.06 bits per heavy atom. The lowest BCUT2D eigenvalue weighted by Gasteiger charge is -2.26. The molecule has 242 valence electrons. The molecule has 0 atom stereocenters. The summed E-state index contributed by atoms with van der Waals surface area (Å²) in [5.74, 6) is -0.559. The first kappa shape index (κ1) is 31.7. The highest BCUT2D eigenvalue weighted by Crippen LogP contribution is 2.29. The molecular formula is C34H34FN7O5. The van der Waals surface area contributed by atoms with Crippen LogP contribution in [0.3, 0.4) is 0 Å². The van der Waals surface area contributed by atoms with Crippen LogP contribution in [0.4, 0.5) is 16.0 Å². The van der Waals surface area contributed by atoms with E-state index in [1.165, 1.54) is 29.2 Å². The highest BCUT2D eigenvalue weighted by molar-refractivity contribution is 5.94. The summed E-state index contributed by atoms with van der Waals surface area (Å²) in [5, 5.41) is 18.1. The number of aromatic nitrogens is 5. The fourth-order valence-electron chi connectivity index (χ4n) is 5.50. The molecule has 0 spiro atoms. The third kappa shape index (κ3) is 6.14. The summed E-state index contributed by atoms with van der Waals surface area (Å²) in [5.41, 5.74) is 0.974. The summed E-state index contributed by atoms with van der Waals surface area (Å²) in [7, 11) is 1.56. The van der Waals surface area contributed by atoms with E-state index >= 15 is 4.39 Å². The number of anilines is 2. The molecule has 1 saturated heterocycles. The number of morpholine rings is 1. The minimum Gasteiger partial charge on any atom is -0.392 e. The summed E-state index contributed by atoms with van der Waals surface area (Å²) in [6.07, 6.45) is 4.37. The molecule has 12 nitrogen and oxygen atoms in total. The number of halogens is 1. The molecule has 2 N–H and O–H groups in total. The summed E-state index contributed by atoms with van der Waals surface area (Å²) in [6, 6.07) is 11.3. The molecule has 1 fully saturated rings. The Morgan fingerprint density at radius 2 is 1.83 bits per heavy atom. The monoisotopic (exact) mass is 641 g/mol. The van der Waals surface area contributed by atoms with Crippen molar-refractivity contribution in [1.82, 2.24) is 29.2 Å². The second-order valence-corrected chi connectivity index (χ2v) is 12.3. The number of carbonyl (C=O) groups excluding carboxylic acids is 1. The van der Waals surface area contributed by atoms with Crippen molar-refractivity contribution in [3.8, 4) is 16.9 Å². The van der Waals surface area contributed by atoms with Gasteiger partial charge in [0.25, 0.3) is 17.0 Å². The van der Waals surface area contributed by atoms with Gasteiger partial charge in [-0.3, -0.25) is 14.4 Å². The van der Waals surface area contributed by atoms with Crippen molar-refractivity contribution < 1.29 is 19.0 Å². The lowest BCUT2D eigenvalue weighted by molar-refractivity contribution is 0.0302. The number of ether oxygens (including phenoxy) is 1. The van der Waals surface area contributed by atoms with Crippen molar-refractivity contribution in [1.29, 1.82) is 0 Å². The van der Waals surface area contributed by atoms with Crippen LogP contribution in [0.1, 0.15) is 42.3 Å². The number of nitrogens with one attached hydrogen (secondary N) is 1. The average Bonchev–Trinajstić information content (AvgIpc) is 3.06. The maximum absolute atomic E-state index is 15.3. The van der Waals surface area contributed by atoms with Crippen molar-refractivity contribution in [3.63, 3.8) is 0 Å². The van der Waals surface area contributed by atoms with E-state index in [1.807, 2.05) is 20.8 Å². The molecule has 1 amide bonds. The zero-order valence-corrected chi connectivity index (χ0v) is 26.5. The normalized spacial score (nSPS) is 13.6. The van der Waals surface area contributed by atoms with Gasteiger partial charge in [0.05, 0.1) is 48.3 Å². The number of aryl methyl sites for hydroxylation is 1.